The standard InChI is InChI=1S/C27H28N4O/c1-19(21-7-3-2-4-8-21)31-15-5-6-20(18-31)16-26(32)23-9-10-25-24(17-23)27(30-29-25)22-11-13-28-14-12-22/h2-4,7-14,17,19-20H,5-6,15-16,18H2,1H3,(H,29,30)/t19?,20-/m0/s1. The highest BCUT2D eigenvalue weighted by atomic mass is 16.1. The Morgan fingerprint density at radius 1 is 1.12 bits per heavy atom. The number of Topliss-reactive ketones (excluding diaryl/α,β-unsaturated/α-hetero) is 1. The molecule has 5 nitrogen and oxygen atoms in total. The minimum absolute atomic E-state index is 0.216. The maximum Gasteiger partial charge on any atom is 0.163 e. The van der Waals surface area contributed by atoms with Gasteiger partial charge in [0.2, 0.25) is 0 Å². The number of pyridine rings is 1. The van der Waals surface area contributed by atoms with Crippen molar-refractivity contribution in [1.82, 2.24) is 20.1 Å². The van der Waals surface area contributed by atoms with Crippen LogP contribution >= 0.6 is 0 Å². The number of ketones is 1. The van der Waals surface area contributed by atoms with Crippen LogP contribution in [0.5, 0.6) is 0 Å². The minimum atomic E-state index is 0.216. The molecule has 1 aliphatic heterocycles. The number of nitrogens with zero attached hydrogens (tertiary/aromatic N) is 3. The summed E-state index contributed by atoms with van der Waals surface area (Å²) in [6.07, 6.45) is 6.36. The highest BCUT2D eigenvalue weighted by Crippen LogP contribution is 2.30. The van der Waals surface area contributed by atoms with E-state index in [9.17, 15) is 4.79 Å². The van der Waals surface area contributed by atoms with Crippen molar-refractivity contribution in [3.05, 3.63) is 84.2 Å². The van der Waals surface area contributed by atoms with Crippen molar-refractivity contribution in [2.24, 2.45) is 5.92 Å². The van der Waals surface area contributed by atoms with Gasteiger partial charge in [-0.1, -0.05) is 30.3 Å². The van der Waals surface area contributed by atoms with Gasteiger partial charge in [-0.15, -0.1) is 0 Å². The molecule has 0 amide bonds. The quantitative estimate of drug-likeness (QED) is 0.405. The number of carbonyl (C=O) groups excluding carboxylic acids is 1. The molecule has 2 aromatic heterocycles. The number of H-pyrrole nitrogens is 1. The van der Waals surface area contributed by atoms with Gasteiger partial charge in [-0.3, -0.25) is 19.8 Å². The molecule has 1 unspecified atom stereocenters. The van der Waals surface area contributed by atoms with Gasteiger partial charge in [-0.2, -0.15) is 5.10 Å². The van der Waals surface area contributed by atoms with Crippen molar-refractivity contribution in [3.63, 3.8) is 0 Å². The number of fused-ring (bicyclic) bond motifs is 1. The number of carbonyl (C=O) groups is 1. The van der Waals surface area contributed by atoms with Gasteiger partial charge in [-0.25, -0.2) is 0 Å². The van der Waals surface area contributed by atoms with E-state index < -0.39 is 0 Å². The summed E-state index contributed by atoms with van der Waals surface area (Å²) in [5.41, 5.74) is 4.90. The molecular formula is C27H28N4O. The van der Waals surface area contributed by atoms with E-state index in [0.717, 1.165) is 53.7 Å². The first-order chi connectivity index (χ1) is 15.7. The Bertz CT molecular complexity index is 1200. The zero-order valence-corrected chi connectivity index (χ0v) is 18.4. The first kappa shape index (κ1) is 20.6. The third-order valence-electron chi connectivity index (χ3n) is 6.69. The van der Waals surface area contributed by atoms with Crippen molar-refractivity contribution < 1.29 is 4.79 Å². The number of hydrogen-bond donors (Lipinski definition) is 1. The average molecular weight is 425 g/mol. The molecule has 2 aromatic carbocycles. The van der Waals surface area contributed by atoms with E-state index in [-0.39, 0.29) is 5.78 Å². The third-order valence-corrected chi connectivity index (χ3v) is 6.69. The van der Waals surface area contributed by atoms with Crippen LogP contribution in [0.15, 0.2) is 73.1 Å². The smallest absolute Gasteiger partial charge is 0.163 e. The molecule has 0 spiro atoms. The molecule has 162 valence electrons. The van der Waals surface area contributed by atoms with Gasteiger partial charge in [0.15, 0.2) is 5.78 Å². The molecular weight excluding hydrogens is 396 g/mol. The van der Waals surface area contributed by atoms with E-state index in [2.05, 4.69) is 57.3 Å². The van der Waals surface area contributed by atoms with Crippen molar-refractivity contribution >= 4 is 16.7 Å². The molecule has 32 heavy (non-hydrogen) atoms. The fraction of sp³-hybridized carbons (Fsp3) is 0.296. The molecule has 0 aliphatic carbocycles. The van der Waals surface area contributed by atoms with Crippen LogP contribution in [0, 0.1) is 5.92 Å². The fourth-order valence-corrected chi connectivity index (χ4v) is 4.86. The molecule has 2 atom stereocenters. The highest BCUT2D eigenvalue weighted by Gasteiger charge is 2.26. The molecule has 0 saturated carbocycles. The summed E-state index contributed by atoms with van der Waals surface area (Å²) in [5, 5.41) is 8.53. The summed E-state index contributed by atoms with van der Waals surface area (Å²) in [6.45, 7) is 4.34. The summed E-state index contributed by atoms with van der Waals surface area (Å²) >= 11 is 0. The van der Waals surface area contributed by atoms with Gasteiger partial charge < -0.3 is 0 Å². The van der Waals surface area contributed by atoms with Crippen molar-refractivity contribution in [3.8, 4) is 11.3 Å². The summed E-state index contributed by atoms with van der Waals surface area (Å²) in [6, 6.07) is 20.8. The summed E-state index contributed by atoms with van der Waals surface area (Å²) < 4.78 is 0. The largest absolute Gasteiger partial charge is 0.296 e. The molecule has 3 heterocycles. The van der Waals surface area contributed by atoms with E-state index in [1.54, 1.807) is 12.4 Å². The molecule has 1 N–H and O–H groups in total. The van der Waals surface area contributed by atoms with Gasteiger partial charge >= 0.3 is 0 Å². The molecule has 5 heteroatoms. The molecule has 0 bridgehead atoms. The fourth-order valence-electron chi connectivity index (χ4n) is 4.86. The normalized spacial score (nSPS) is 18.0. The highest BCUT2D eigenvalue weighted by molar-refractivity contribution is 6.02. The maximum atomic E-state index is 13.2. The number of hydrogen-bond acceptors (Lipinski definition) is 4. The van der Waals surface area contributed by atoms with Gasteiger partial charge in [0.25, 0.3) is 0 Å². The van der Waals surface area contributed by atoms with E-state index in [1.165, 1.54) is 5.56 Å². The lowest BCUT2D eigenvalue weighted by Gasteiger charge is -2.37. The van der Waals surface area contributed by atoms with Gasteiger partial charge in [0.05, 0.1) is 5.52 Å². The summed E-state index contributed by atoms with van der Waals surface area (Å²) in [4.78, 5) is 19.8. The Morgan fingerprint density at radius 3 is 2.75 bits per heavy atom. The van der Waals surface area contributed by atoms with E-state index in [4.69, 9.17) is 0 Å². The Labute approximate surface area is 188 Å². The number of likely N-dealkylation sites (tertiary alicyclic amines) is 1. The molecule has 1 aliphatic rings. The van der Waals surface area contributed by atoms with Gasteiger partial charge in [0, 0.05) is 47.9 Å². The monoisotopic (exact) mass is 424 g/mol. The second-order valence-corrected chi connectivity index (χ2v) is 8.79. The predicted octanol–water partition coefficient (Wildman–Crippen LogP) is 5.67. The Hall–Kier alpha value is -3.31. The second kappa shape index (κ2) is 9.05. The average Bonchev–Trinajstić information content (AvgIpc) is 3.28. The minimum Gasteiger partial charge on any atom is -0.296 e. The van der Waals surface area contributed by atoms with Crippen molar-refractivity contribution in [2.75, 3.05) is 13.1 Å². The number of aromatic amines is 1. The van der Waals surface area contributed by atoms with Crippen molar-refractivity contribution in [2.45, 2.75) is 32.2 Å². The Kier molecular flexibility index (Phi) is 5.82. The van der Waals surface area contributed by atoms with Crippen LogP contribution in [-0.2, 0) is 0 Å². The van der Waals surface area contributed by atoms with Crippen LogP contribution in [0.25, 0.3) is 22.2 Å². The Balaban J connectivity index is 1.31. The molecule has 5 rings (SSSR count). The van der Waals surface area contributed by atoms with Crippen LogP contribution in [0.4, 0.5) is 0 Å². The number of nitrogens with one attached hydrogen (secondary N) is 1. The van der Waals surface area contributed by atoms with Crippen LogP contribution < -0.4 is 0 Å². The van der Waals surface area contributed by atoms with Crippen molar-refractivity contribution in [1.29, 1.82) is 0 Å². The number of rotatable bonds is 6. The second-order valence-electron chi connectivity index (χ2n) is 8.79. The van der Waals surface area contributed by atoms with Gasteiger partial charge in [0.1, 0.15) is 5.69 Å². The maximum absolute atomic E-state index is 13.2. The summed E-state index contributed by atoms with van der Waals surface area (Å²) in [7, 11) is 0. The SMILES string of the molecule is CC(c1ccccc1)N1CCC[C@@H](CC(=O)c2ccc3[nH]nc(-c4ccncc4)c3c2)C1. The zero-order chi connectivity index (χ0) is 21.9. The molecule has 0 radical (unpaired) electrons. The Morgan fingerprint density at radius 2 is 1.94 bits per heavy atom. The van der Waals surface area contributed by atoms with E-state index in [1.807, 2.05) is 30.3 Å². The third kappa shape index (κ3) is 4.21. The predicted molar refractivity (Wildman–Crippen MR) is 127 cm³/mol. The number of piperidine rings is 1. The number of benzene rings is 2. The molecule has 4 aromatic rings. The summed E-state index contributed by atoms with van der Waals surface area (Å²) in [5.74, 6) is 0.607. The van der Waals surface area contributed by atoms with Crippen LogP contribution in [0.1, 0.15) is 48.1 Å². The molecule has 1 saturated heterocycles. The van der Waals surface area contributed by atoms with Crippen LogP contribution in [0.3, 0.4) is 0 Å². The van der Waals surface area contributed by atoms with Crippen LogP contribution in [-0.4, -0.2) is 39.0 Å². The first-order valence-corrected chi connectivity index (χ1v) is 11.4. The zero-order valence-electron chi connectivity index (χ0n) is 18.4. The molecule has 1 fully saturated rings. The number of aromatic nitrogens is 3. The van der Waals surface area contributed by atoms with E-state index >= 15 is 0 Å². The lowest BCUT2D eigenvalue weighted by Crippen LogP contribution is -2.38. The van der Waals surface area contributed by atoms with E-state index in [0.29, 0.717) is 18.4 Å². The lowest BCUT2D eigenvalue weighted by molar-refractivity contribution is 0.0879. The van der Waals surface area contributed by atoms with Gasteiger partial charge in [-0.05, 0) is 68.1 Å². The van der Waals surface area contributed by atoms with Crippen LogP contribution in [0.2, 0.25) is 0 Å². The topological polar surface area (TPSA) is 61.9 Å². The first-order valence-electron chi connectivity index (χ1n) is 11.4. The lowest BCUT2D eigenvalue weighted by atomic mass is 9.89.